The van der Waals surface area contributed by atoms with E-state index >= 15 is 0 Å². The molecule has 60 valence electrons. The van der Waals surface area contributed by atoms with E-state index in [2.05, 4.69) is 23.4 Å². The number of hydrogen-bond donors (Lipinski definition) is 0. The van der Waals surface area contributed by atoms with E-state index in [1.54, 1.807) is 4.52 Å². The topological polar surface area (TPSA) is 17.3 Å². The average Bonchev–Trinajstić information content (AvgIpc) is 2.56. The van der Waals surface area contributed by atoms with Crippen molar-refractivity contribution in [3.8, 4) is 0 Å². The van der Waals surface area contributed by atoms with Gasteiger partial charge in [0.1, 0.15) is 0 Å². The molecule has 1 aromatic carbocycles. The molecule has 0 aliphatic carbocycles. The van der Waals surface area contributed by atoms with Gasteiger partial charge in [-0.2, -0.15) is 5.10 Å². The van der Waals surface area contributed by atoms with Crippen LogP contribution in [0.15, 0.2) is 36.4 Å². The Morgan fingerprint density at radius 3 is 3.08 bits per heavy atom. The van der Waals surface area contributed by atoms with Crippen LogP contribution in [0.5, 0.6) is 0 Å². The van der Waals surface area contributed by atoms with Crippen LogP contribution in [0.3, 0.4) is 0 Å². The fourth-order valence-electron chi connectivity index (χ4n) is 1.52. The van der Waals surface area contributed by atoms with Gasteiger partial charge in [0.2, 0.25) is 0 Å². The molecule has 0 N–H and O–H groups in total. The average molecular weight is 166 g/mol. The Bertz CT molecular complexity index is 516. The third kappa shape index (κ3) is 0.855. The lowest BCUT2D eigenvalue weighted by molar-refractivity contribution is 0.971. The first-order valence-electron chi connectivity index (χ1n) is 4.11. The molecular weight excluding hydrogens is 160 g/mol. The molecule has 0 aliphatic rings. The van der Waals surface area contributed by atoms with E-state index < -0.39 is 0 Å². The summed E-state index contributed by atoms with van der Waals surface area (Å²) in [6.07, 6.45) is 2.92. The lowest BCUT2D eigenvalue weighted by atomic mass is 10.2. The molecule has 2 radical (unpaired) electrons. The summed E-state index contributed by atoms with van der Waals surface area (Å²) in [4.78, 5) is 0. The fourth-order valence-corrected chi connectivity index (χ4v) is 1.52. The first-order valence-corrected chi connectivity index (χ1v) is 4.11. The van der Waals surface area contributed by atoms with Crippen LogP contribution < -0.4 is 0 Å². The Morgan fingerprint density at radius 2 is 2.08 bits per heavy atom. The molecule has 0 unspecified atom stereocenters. The second-order valence-corrected chi connectivity index (χ2v) is 2.90. The van der Waals surface area contributed by atoms with Crippen LogP contribution in [0.2, 0.25) is 0 Å². The summed E-state index contributed by atoms with van der Waals surface area (Å²) in [5.41, 5.74) is 2.08. The van der Waals surface area contributed by atoms with Crippen molar-refractivity contribution in [1.82, 2.24) is 9.61 Å². The van der Waals surface area contributed by atoms with E-state index in [0.29, 0.717) is 0 Å². The molecule has 0 fully saturated rings. The van der Waals surface area contributed by atoms with Gasteiger partial charge in [0.15, 0.2) is 0 Å². The van der Waals surface area contributed by atoms with Crippen LogP contribution >= 0.6 is 0 Å². The summed E-state index contributed by atoms with van der Waals surface area (Å²) in [6, 6.07) is 14.8. The lowest BCUT2D eigenvalue weighted by Gasteiger charge is -1.87. The van der Waals surface area contributed by atoms with Gasteiger partial charge in [0, 0.05) is 11.5 Å². The minimum Gasteiger partial charge on any atom is -0.230 e. The maximum Gasteiger partial charge on any atom is 0.0995 e. The molecule has 13 heavy (non-hydrogen) atoms. The molecule has 0 amide bonds. The standard InChI is InChI=1S/C11H6N2/c1-2-6-10-9(5-1)11-7-3-4-8-13(11)12-10/h1-3,5-7H. The van der Waals surface area contributed by atoms with E-state index in [1.807, 2.05) is 30.3 Å². The van der Waals surface area contributed by atoms with Crippen molar-refractivity contribution >= 4 is 16.4 Å². The molecule has 2 heterocycles. The van der Waals surface area contributed by atoms with Gasteiger partial charge in [-0.1, -0.05) is 18.2 Å². The highest BCUT2D eigenvalue weighted by Gasteiger charge is 2.01. The highest BCUT2D eigenvalue weighted by molar-refractivity contribution is 5.93. The summed E-state index contributed by atoms with van der Waals surface area (Å²) in [7, 11) is 0. The molecule has 0 bridgehead atoms. The molecule has 0 saturated carbocycles. The van der Waals surface area contributed by atoms with Crippen molar-refractivity contribution in [2.45, 2.75) is 0 Å². The first kappa shape index (κ1) is 6.66. The second kappa shape index (κ2) is 2.33. The van der Waals surface area contributed by atoms with E-state index in [0.717, 1.165) is 16.4 Å². The van der Waals surface area contributed by atoms with Crippen LogP contribution in [0.4, 0.5) is 0 Å². The highest BCUT2D eigenvalue weighted by atomic mass is 15.2. The molecule has 0 aliphatic heterocycles. The van der Waals surface area contributed by atoms with Crippen LogP contribution in [0.25, 0.3) is 16.4 Å². The molecular formula is C11H6N2. The predicted molar refractivity (Wildman–Crippen MR) is 50.4 cm³/mol. The fraction of sp³-hybridized carbons (Fsp3) is 0. The van der Waals surface area contributed by atoms with Crippen LogP contribution in [0.1, 0.15) is 0 Å². The van der Waals surface area contributed by atoms with Crippen molar-refractivity contribution in [3.05, 3.63) is 48.7 Å². The zero-order chi connectivity index (χ0) is 8.67. The Balaban J connectivity index is 2.64. The summed E-state index contributed by atoms with van der Waals surface area (Å²) >= 11 is 0. The number of fused-ring (bicyclic) bond motifs is 3. The first-order chi connectivity index (χ1) is 6.45. The highest BCUT2D eigenvalue weighted by Crippen LogP contribution is 2.17. The maximum atomic E-state index is 4.35. The zero-order valence-corrected chi connectivity index (χ0v) is 6.86. The maximum absolute atomic E-state index is 4.35. The Morgan fingerprint density at radius 1 is 1.15 bits per heavy atom. The van der Waals surface area contributed by atoms with Crippen molar-refractivity contribution in [2.75, 3.05) is 0 Å². The van der Waals surface area contributed by atoms with E-state index in [4.69, 9.17) is 0 Å². The summed E-state index contributed by atoms with van der Waals surface area (Å²) in [5.74, 6) is 0. The molecule has 2 nitrogen and oxygen atoms in total. The largest absolute Gasteiger partial charge is 0.230 e. The van der Waals surface area contributed by atoms with Gasteiger partial charge in [0.05, 0.1) is 17.2 Å². The van der Waals surface area contributed by atoms with Crippen molar-refractivity contribution in [2.24, 2.45) is 0 Å². The molecule has 3 aromatic rings. The monoisotopic (exact) mass is 166 g/mol. The van der Waals surface area contributed by atoms with Gasteiger partial charge >= 0.3 is 0 Å². The second-order valence-electron chi connectivity index (χ2n) is 2.90. The number of pyridine rings is 1. The van der Waals surface area contributed by atoms with Crippen LogP contribution in [0, 0.1) is 12.3 Å². The number of aromatic nitrogens is 2. The van der Waals surface area contributed by atoms with Crippen LogP contribution in [-0.4, -0.2) is 9.61 Å². The molecule has 0 atom stereocenters. The minimum absolute atomic E-state index is 0.998. The predicted octanol–water partition coefficient (Wildman–Crippen LogP) is 2.09. The van der Waals surface area contributed by atoms with Gasteiger partial charge in [-0.25, -0.2) is 4.52 Å². The lowest BCUT2D eigenvalue weighted by Crippen LogP contribution is -1.83. The quantitative estimate of drug-likeness (QED) is 0.499. The van der Waals surface area contributed by atoms with Crippen molar-refractivity contribution < 1.29 is 0 Å². The summed E-state index contributed by atoms with van der Waals surface area (Å²) in [6.45, 7) is 0. The van der Waals surface area contributed by atoms with Gasteiger partial charge in [-0.05, 0) is 18.2 Å². The van der Waals surface area contributed by atoms with E-state index in [-0.39, 0.29) is 0 Å². The van der Waals surface area contributed by atoms with E-state index in [1.165, 1.54) is 0 Å². The third-order valence-corrected chi connectivity index (χ3v) is 2.11. The van der Waals surface area contributed by atoms with Crippen molar-refractivity contribution in [1.29, 1.82) is 0 Å². The third-order valence-electron chi connectivity index (χ3n) is 2.11. The van der Waals surface area contributed by atoms with Crippen molar-refractivity contribution in [3.63, 3.8) is 0 Å². The number of benzene rings is 1. The number of nitrogens with zero attached hydrogens (tertiary/aromatic N) is 2. The molecule has 2 heteroatoms. The normalized spacial score (nSPS) is 11.1. The minimum atomic E-state index is 0.998. The van der Waals surface area contributed by atoms with Crippen LogP contribution in [-0.2, 0) is 0 Å². The summed E-state index contributed by atoms with van der Waals surface area (Å²) in [5, 5.41) is 5.50. The molecule has 0 spiro atoms. The molecule has 0 saturated heterocycles. The number of rotatable bonds is 0. The summed E-state index contributed by atoms with van der Waals surface area (Å²) < 4.78 is 1.73. The molecule has 2 aromatic heterocycles. The van der Waals surface area contributed by atoms with Gasteiger partial charge in [-0.3, -0.25) is 0 Å². The Kier molecular flexibility index (Phi) is 1.19. The van der Waals surface area contributed by atoms with E-state index in [9.17, 15) is 0 Å². The SMILES string of the molecule is [c]1[c]n2nc3ccccc3c2cc1. The van der Waals surface area contributed by atoms with Gasteiger partial charge in [-0.15, -0.1) is 0 Å². The van der Waals surface area contributed by atoms with Gasteiger partial charge < -0.3 is 0 Å². The number of hydrogen-bond acceptors (Lipinski definition) is 1. The van der Waals surface area contributed by atoms with Gasteiger partial charge in [0.25, 0.3) is 0 Å². The molecule has 3 rings (SSSR count). The smallest absolute Gasteiger partial charge is 0.0995 e. The zero-order valence-electron chi connectivity index (χ0n) is 6.86. The Hall–Kier alpha value is -1.83. The Labute approximate surface area is 75.4 Å².